The van der Waals surface area contributed by atoms with Crippen molar-refractivity contribution >= 4 is 11.6 Å². The minimum atomic E-state index is -0.600. The highest BCUT2D eigenvalue weighted by Gasteiger charge is 2.51. The first-order valence-corrected chi connectivity index (χ1v) is 5.92. The van der Waals surface area contributed by atoms with Crippen molar-refractivity contribution in [3.63, 3.8) is 0 Å². The Labute approximate surface area is 106 Å². The topological polar surface area (TPSA) is 42.7 Å². The molecule has 2 aliphatic heterocycles. The Balaban J connectivity index is 2.24. The lowest BCUT2D eigenvalue weighted by atomic mass is 9.70. The molecule has 2 heterocycles. The van der Waals surface area contributed by atoms with Crippen LogP contribution in [0.2, 0.25) is 0 Å². The van der Waals surface area contributed by atoms with Crippen LogP contribution in [-0.2, 0) is 20.5 Å². The van der Waals surface area contributed by atoms with Gasteiger partial charge in [-0.3, -0.25) is 4.79 Å². The van der Waals surface area contributed by atoms with Crippen molar-refractivity contribution < 1.29 is 9.53 Å². The second-order valence-electron chi connectivity index (χ2n) is 5.50. The molecular formula is C14H14N2O2. The summed E-state index contributed by atoms with van der Waals surface area (Å²) in [6, 6.07) is 5.59. The second-order valence-corrected chi connectivity index (χ2v) is 5.50. The molecule has 1 aromatic carbocycles. The molecule has 1 N–H and O–H groups in total. The molecule has 0 radical (unpaired) electrons. The minimum Gasteiger partial charge on any atom is -0.376 e. The van der Waals surface area contributed by atoms with E-state index in [1.807, 2.05) is 26.0 Å². The van der Waals surface area contributed by atoms with Crippen molar-refractivity contribution in [3.05, 3.63) is 40.7 Å². The zero-order chi connectivity index (χ0) is 13.0. The summed E-state index contributed by atoms with van der Waals surface area (Å²) in [4.78, 5) is 15.7. The van der Waals surface area contributed by atoms with E-state index in [-0.39, 0.29) is 11.4 Å². The Kier molecular flexibility index (Phi) is 2.08. The average Bonchev–Trinajstić information content (AvgIpc) is 2.31. The third kappa shape index (κ3) is 1.25. The molecule has 0 bridgehead atoms. The maximum atomic E-state index is 12.2. The van der Waals surface area contributed by atoms with E-state index < -0.39 is 5.41 Å². The van der Waals surface area contributed by atoms with Gasteiger partial charge in [-0.05, 0) is 25.0 Å². The summed E-state index contributed by atoms with van der Waals surface area (Å²) < 4.78 is 5.27. The standard InChI is InChI=1S/C14H14N2O2/c1-13(2)11-6-9(15-3)4-5-10(11)14(7-18-8-14)16-12(13)17/h4-6H,7-8H2,1-2H3,(H,16,17). The molecule has 4 nitrogen and oxygen atoms in total. The van der Waals surface area contributed by atoms with Gasteiger partial charge in [-0.15, -0.1) is 0 Å². The van der Waals surface area contributed by atoms with Gasteiger partial charge in [0.05, 0.1) is 25.2 Å². The number of hydrogen-bond acceptors (Lipinski definition) is 2. The summed E-state index contributed by atoms with van der Waals surface area (Å²) in [5.74, 6) is 0.000399. The van der Waals surface area contributed by atoms with Crippen LogP contribution in [0.4, 0.5) is 5.69 Å². The first-order valence-electron chi connectivity index (χ1n) is 5.92. The molecule has 0 aliphatic carbocycles. The van der Waals surface area contributed by atoms with Crippen LogP contribution >= 0.6 is 0 Å². The normalized spacial score (nSPS) is 22.6. The molecule has 1 aromatic rings. The first-order chi connectivity index (χ1) is 8.49. The molecular weight excluding hydrogens is 228 g/mol. The third-order valence-corrected chi connectivity index (χ3v) is 3.94. The van der Waals surface area contributed by atoms with Gasteiger partial charge in [0.1, 0.15) is 5.54 Å². The Bertz CT molecular complexity index is 580. The molecule has 0 aromatic heterocycles. The van der Waals surface area contributed by atoms with Gasteiger partial charge in [0.2, 0.25) is 5.91 Å². The van der Waals surface area contributed by atoms with Crippen LogP contribution in [0.25, 0.3) is 4.85 Å². The quantitative estimate of drug-likeness (QED) is 0.706. The van der Waals surface area contributed by atoms with Crippen molar-refractivity contribution in [3.8, 4) is 0 Å². The first kappa shape index (κ1) is 11.2. The fourth-order valence-corrected chi connectivity index (χ4v) is 2.63. The highest BCUT2D eigenvalue weighted by Crippen LogP contribution is 2.43. The highest BCUT2D eigenvalue weighted by molar-refractivity contribution is 5.91. The number of carbonyl (C=O) groups excluding carboxylic acids is 1. The number of carbonyl (C=O) groups is 1. The maximum Gasteiger partial charge on any atom is 0.230 e. The Morgan fingerprint density at radius 1 is 1.33 bits per heavy atom. The largest absolute Gasteiger partial charge is 0.376 e. The van der Waals surface area contributed by atoms with Crippen molar-refractivity contribution in [1.82, 2.24) is 5.32 Å². The monoisotopic (exact) mass is 242 g/mol. The lowest BCUT2D eigenvalue weighted by molar-refractivity contribution is -0.141. The van der Waals surface area contributed by atoms with Gasteiger partial charge in [0.25, 0.3) is 0 Å². The molecule has 1 spiro atoms. The number of amides is 1. The van der Waals surface area contributed by atoms with E-state index >= 15 is 0 Å². The zero-order valence-electron chi connectivity index (χ0n) is 10.4. The van der Waals surface area contributed by atoms with Crippen LogP contribution in [0, 0.1) is 6.57 Å². The van der Waals surface area contributed by atoms with Gasteiger partial charge >= 0.3 is 0 Å². The van der Waals surface area contributed by atoms with Crippen LogP contribution in [0.1, 0.15) is 25.0 Å². The van der Waals surface area contributed by atoms with E-state index in [0.29, 0.717) is 18.9 Å². The van der Waals surface area contributed by atoms with Crippen LogP contribution in [0.15, 0.2) is 18.2 Å². The van der Waals surface area contributed by atoms with E-state index in [9.17, 15) is 4.79 Å². The summed E-state index contributed by atoms with van der Waals surface area (Å²) >= 11 is 0. The van der Waals surface area contributed by atoms with Crippen LogP contribution < -0.4 is 5.32 Å². The number of hydrogen-bond donors (Lipinski definition) is 1. The fraction of sp³-hybridized carbons (Fsp3) is 0.429. The van der Waals surface area contributed by atoms with E-state index in [4.69, 9.17) is 11.3 Å². The molecule has 0 atom stereocenters. The lowest BCUT2D eigenvalue weighted by Crippen LogP contribution is -2.65. The van der Waals surface area contributed by atoms with Crippen molar-refractivity contribution in [2.24, 2.45) is 0 Å². The zero-order valence-corrected chi connectivity index (χ0v) is 10.4. The molecule has 1 saturated heterocycles. The number of fused-ring (bicyclic) bond motifs is 2. The summed E-state index contributed by atoms with van der Waals surface area (Å²) in [6.07, 6.45) is 0. The van der Waals surface area contributed by atoms with Gasteiger partial charge in [0.15, 0.2) is 5.69 Å². The fourth-order valence-electron chi connectivity index (χ4n) is 2.63. The van der Waals surface area contributed by atoms with Crippen LogP contribution in [0.5, 0.6) is 0 Å². The molecule has 1 fully saturated rings. The van der Waals surface area contributed by atoms with Crippen molar-refractivity contribution in [1.29, 1.82) is 0 Å². The molecule has 18 heavy (non-hydrogen) atoms. The van der Waals surface area contributed by atoms with Gasteiger partial charge < -0.3 is 10.1 Å². The predicted molar refractivity (Wildman–Crippen MR) is 66.4 cm³/mol. The Morgan fingerprint density at radius 2 is 2.06 bits per heavy atom. The number of nitrogens with zero attached hydrogens (tertiary/aromatic N) is 1. The minimum absolute atomic E-state index is 0.000399. The van der Waals surface area contributed by atoms with Gasteiger partial charge in [-0.2, -0.15) is 0 Å². The van der Waals surface area contributed by atoms with Gasteiger partial charge in [0, 0.05) is 0 Å². The van der Waals surface area contributed by atoms with Gasteiger partial charge in [-0.1, -0.05) is 18.2 Å². The predicted octanol–water partition coefficient (Wildman–Crippen LogP) is 1.87. The lowest BCUT2D eigenvalue weighted by Gasteiger charge is -2.50. The van der Waals surface area contributed by atoms with Crippen LogP contribution in [0.3, 0.4) is 0 Å². The maximum absolute atomic E-state index is 12.2. The SMILES string of the molecule is [C-]#[N+]c1ccc2c(c1)C(C)(C)C(=O)NC21COC1. The van der Waals surface area contributed by atoms with E-state index in [1.165, 1.54) is 0 Å². The average molecular weight is 242 g/mol. The number of nitrogens with one attached hydrogen (secondary N) is 1. The molecule has 0 unspecified atom stereocenters. The number of rotatable bonds is 0. The number of ether oxygens (including phenoxy) is 1. The van der Waals surface area contributed by atoms with Crippen molar-refractivity contribution in [2.45, 2.75) is 24.8 Å². The van der Waals surface area contributed by atoms with Crippen LogP contribution in [-0.4, -0.2) is 19.1 Å². The molecule has 4 heteroatoms. The Morgan fingerprint density at radius 3 is 2.61 bits per heavy atom. The summed E-state index contributed by atoms with van der Waals surface area (Å²) in [7, 11) is 0. The molecule has 92 valence electrons. The summed E-state index contributed by atoms with van der Waals surface area (Å²) in [5, 5.41) is 3.07. The number of benzene rings is 1. The molecule has 2 aliphatic rings. The van der Waals surface area contributed by atoms with E-state index in [0.717, 1.165) is 11.1 Å². The van der Waals surface area contributed by atoms with Crippen molar-refractivity contribution in [2.75, 3.05) is 13.2 Å². The molecule has 1 amide bonds. The smallest absolute Gasteiger partial charge is 0.230 e. The third-order valence-electron chi connectivity index (χ3n) is 3.94. The molecule has 0 saturated carbocycles. The summed E-state index contributed by atoms with van der Waals surface area (Å²) in [5.41, 5.74) is 1.64. The highest BCUT2D eigenvalue weighted by atomic mass is 16.5. The Hall–Kier alpha value is -1.86. The summed E-state index contributed by atoms with van der Waals surface area (Å²) in [6.45, 7) is 11.9. The van der Waals surface area contributed by atoms with Gasteiger partial charge in [-0.25, -0.2) is 4.85 Å². The van der Waals surface area contributed by atoms with E-state index in [2.05, 4.69) is 10.2 Å². The molecule has 3 rings (SSSR count). The second kappa shape index (κ2) is 3.33. The van der Waals surface area contributed by atoms with E-state index in [1.54, 1.807) is 6.07 Å².